The molecule has 1 rings (SSSR count). The Morgan fingerprint density at radius 3 is 0.761 bits per heavy atom. The standard InChI is InChI=1S/C44H84N2/c1-5-8-11-14-17-20-23-26-29-32-35-38-42-43(39-36-33-30-27-24-21-18-15-12-9-6-2)45-41(4)46-44(42)40-37-34-31-28-25-22-19-16-13-10-7-3/h5-40H2,1-4H3. The quantitative estimate of drug-likeness (QED) is 0.0682. The summed E-state index contributed by atoms with van der Waals surface area (Å²) in [6.07, 6.45) is 50.0. The van der Waals surface area contributed by atoms with Crippen molar-refractivity contribution in [2.24, 2.45) is 0 Å². The van der Waals surface area contributed by atoms with Crippen molar-refractivity contribution in [1.82, 2.24) is 9.97 Å². The van der Waals surface area contributed by atoms with Gasteiger partial charge in [-0.05, 0) is 51.0 Å². The first-order valence-electron chi connectivity index (χ1n) is 21.6. The maximum absolute atomic E-state index is 5.08. The van der Waals surface area contributed by atoms with Crippen molar-refractivity contribution in [1.29, 1.82) is 0 Å². The molecule has 0 bridgehead atoms. The van der Waals surface area contributed by atoms with Crippen LogP contribution in [0.2, 0.25) is 0 Å². The van der Waals surface area contributed by atoms with Gasteiger partial charge in [-0.25, -0.2) is 9.97 Å². The van der Waals surface area contributed by atoms with Crippen molar-refractivity contribution in [2.75, 3.05) is 0 Å². The van der Waals surface area contributed by atoms with Gasteiger partial charge >= 0.3 is 0 Å². The molecule has 0 aliphatic carbocycles. The normalized spacial score (nSPS) is 11.6. The minimum atomic E-state index is 1.01. The van der Waals surface area contributed by atoms with E-state index in [4.69, 9.17) is 9.97 Å². The maximum Gasteiger partial charge on any atom is 0.125 e. The Balaban J connectivity index is 2.47. The molecule has 0 spiro atoms. The van der Waals surface area contributed by atoms with E-state index in [9.17, 15) is 0 Å². The van der Waals surface area contributed by atoms with E-state index >= 15 is 0 Å². The van der Waals surface area contributed by atoms with E-state index in [0.717, 1.165) is 5.82 Å². The summed E-state index contributed by atoms with van der Waals surface area (Å²) < 4.78 is 0. The Bertz CT molecular complexity index is 709. The number of aromatic nitrogens is 2. The Morgan fingerprint density at radius 1 is 0.283 bits per heavy atom. The van der Waals surface area contributed by atoms with E-state index in [1.54, 1.807) is 5.56 Å². The first kappa shape index (κ1) is 43.1. The van der Waals surface area contributed by atoms with Crippen LogP contribution in [-0.2, 0) is 19.3 Å². The second-order valence-corrected chi connectivity index (χ2v) is 15.0. The highest BCUT2D eigenvalue weighted by molar-refractivity contribution is 5.27. The van der Waals surface area contributed by atoms with Crippen LogP contribution in [0, 0.1) is 6.92 Å². The zero-order valence-electron chi connectivity index (χ0n) is 32.4. The molecule has 2 nitrogen and oxygen atoms in total. The molecule has 0 aliphatic heterocycles. The molecular weight excluding hydrogens is 556 g/mol. The Morgan fingerprint density at radius 2 is 0.500 bits per heavy atom. The Labute approximate surface area is 290 Å². The number of hydrogen-bond acceptors (Lipinski definition) is 2. The molecule has 1 heterocycles. The molecule has 46 heavy (non-hydrogen) atoms. The maximum atomic E-state index is 5.08. The minimum Gasteiger partial charge on any atom is -0.238 e. The van der Waals surface area contributed by atoms with Crippen LogP contribution in [0.1, 0.15) is 255 Å². The average molecular weight is 641 g/mol. The third-order valence-electron chi connectivity index (χ3n) is 10.4. The van der Waals surface area contributed by atoms with Gasteiger partial charge in [0.1, 0.15) is 5.82 Å². The molecule has 0 aromatic carbocycles. The van der Waals surface area contributed by atoms with Crippen LogP contribution in [0.25, 0.3) is 0 Å². The lowest BCUT2D eigenvalue weighted by Gasteiger charge is -2.15. The third kappa shape index (κ3) is 26.1. The lowest BCUT2D eigenvalue weighted by atomic mass is 9.96. The molecule has 0 fully saturated rings. The molecule has 1 aromatic rings. The second-order valence-electron chi connectivity index (χ2n) is 15.0. The van der Waals surface area contributed by atoms with E-state index in [1.807, 2.05) is 0 Å². The van der Waals surface area contributed by atoms with E-state index < -0.39 is 0 Å². The van der Waals surface area contributed by atoms with Gasteiger partial charge in [0.05, 0.1) is 0 Å². The van der Waals surface area contributed by atoms with E-state index in [1.165, 1.54) is 243 Å². The SMILES string of the molecule is CCCCCCCCCCCCCc1nc(C)nc(CCCCCCCCCCCCC)c1CCCCCCCCCCCCC. The zero-order valence-corrected chi connectivity index (χ0v) is 32.4. The molecule has 0 N–H and O–H groups in total. The van der Waals surface area contributed by atoms with Crippen LogP contribution in [0.15, 0.2) is 0 Å². The molecule has 0 aliphatic rings. The summed E-state index contributed by atoms with van der Waals surface area (Å²) in [5, 5.41) is 0. The number of aryl methyl sites for hydroxylation is 3. The van der Waals surface area contributed by atoms with E-state index in [-0.39, 0.29) is 0 Å². The zero-order chi connectivity index (χ0) is 33.2. The fraction of sp³-hybridized carbons (Fsp3) is 0.909. The van der Waals surface area contributed by atoms with Gasteiger partial charge in [-0.1, -0.05) is 213 Å². The summed E-state index contributed by atoms with van der Waals surface area (Å²) in [5.74, 6) is 1.01. The predicted octanol–water partition coefficient (Wildman–Crippen LogP) is 15.3. The van der Waals surface area contributed by atoms with Crippen molar-refractivity contribution in [3.05, 3.63) is 22.8 Å². The summed E-state index contributed by atoms with van der Waals surface area (Å²) in [7, 11) is 0. The highest BCUT2D eigenvalue weighted by Gasteiger charge is 2.13. The number of hydrogen-bond donors (Lipinski definition) is 0. The van der Waals surface area contributed by atoms with Crippen molar-refractivity contribution >= 4 is 0 Å². The van der Waals surface area contributed by atoms with Gasteiger partial charge in [-0.15, -0.1) is 0 Å². The van der Waals surface area contributed by atoms with Crippen molar-refractivity contribution < 1.29 is 0 Å². The summed E-state index contributed by atoms with van der Waals surface area (Å²) in [6, 6.07) is 0. The fourth-order valence-electron chi connectivity index (χ4n) is 7.30. The topological polar surface area (TPSA) is 25.8 Å². The van der Waals surface area contributed by atoms with Gasteiger partial charge in [0.15, 0.2) is 0 Å². The van der Waals surface area contributed by atoms with Crippen molar-refractivity contribution in [3.63, 3.8) is 0 Å². The van der Waals surface area contributed by atoms with Crippen LogP contribution in [0.5, 0.6) is 0 Å². The number of nitrogens with zero attached hydrogens (tertiary/aromatic N) is 2. The summed E-state index contributed by atoms with van der Waals surface area (Å²) in [6.45, 7) is 9.07. The van der Waals surface area contributed by atoms with Crippen LogP contribution < -0.4 is 0 Å². The van der Waals surface area contributed by atoms with Gasteiger partial charge in [-0.2, -0.15) is 0 Å². The highest BCUT2D eigenvalue weighted by Crippen LogP contribution is 2.22. The first-order valence-corrected chi connectivity index (χ1v) is 21.6. The minimum absolute atomic E-state index is 1.01. The van der Waals surface area contributed by atoms with Gasteiger partial charge < -0.3 is 0 Å². The third-order valence-corrected chi connectivity index (χ3v) is 10.4. The van der Waals surface area contributed by atoms with Crippen LogP contribution in [-0.4, -0.2) is 9.97 Å². The molecular formula is C44H84N2. The van der Waals surface area contributed by atoms with E-state index in [0.29, 0.717) is 0 Å². The second kappa shape index (κ2) is 34.0. The molecule has 0 atom stereocenters. The number of unbranched alkanes of at least 4 members (excludes halogenated alkanes) is 30. The van der Waals surface area contributed by atoms with Gasteiger partial charge in [0.2, 0.25) is 0 Å². The Hall–Kier alpha value is -0.920. The molecule has 1 aromatic heterocycles. The molecule has 0 radical (unpaired) electrons. The predicted molar refractivity (Wildman–Crippen MR) is 207 cm³/mol. The smallest absolute Gasteiger partial charge is 0.125 e. The number of rotatable bonds is 36. The largest absolute Gasteiger partial charge is 0.238 e. The average Bonchev–Trinajstić information content (AvgIpc) is 3.05. The Kier molecular flexibility index (Phi) is 31.8. The van der Waals surface area contributed by atoms with Crippen molar-refractivity contribution in [3.8, 4) is 0 Å². The summed E-state index contributed by atoms with van der Waals surface area (Å²) in [5.41, 5.74) is 4.38. The summed E-state index contributed by atoms with van der Waals surface area (Å²) >= 11 is 0. The summed E-state index contributed by atoms with van der Waals surface area (Å²) in [4.78, 5) is 10.2. The lowest BCUT2D eigenvalue weighted by Crippen LogP contribution is -2.09. The first-order chi connectivity index (χ1) is 22.7. The molecule has 0 saturated heterocycles. The van der Waals surface area contributed by atoms with Crippen LogP contribution in [0.3, 0.4) is 0 Å². The van der Waals surface area contributed by atoms with Gasteiger partial charge in [-0.3, -0.25) is 0 Å². The monoisotopic (exact) mass is 641 g/mol. The highest BCUT2D eigenvalue weighted by atomic mass is 14.9. The van der Waals surface area contributed by atoms with Crippen molar-refractivity contribution in [2.45, 2.75) is 259 Å². The van der Waals surface area contributed by atoms with Gasteiger partial charge in [0.25, 0.3) is 0 Å². The molecule has 0 unspecified atom stereocenters. The molecule has 0 saturated carbocycles. The molecule has 2 heteroatoms. The van der Waals surface area contributed by atoms with Gasteiger partial charge in [0, 0.05) is 11.4 Å². The molecule has 270 valence electrons. The fourth-order valence-corrected chi connectivity index (χ4v) is 7.30. The molecule has 0 amide bonds. The van der Waals surface area contributed by atoms with Crippen LogP contribution >= 0.6 is 0 Å². The van der Waals surface area contributed by atoms with Crippen LogP contribution in [0.4, 0.5) is 0 Å². The lowest BCUT2D eigenvalue weighted by molar-refractivity contribution is 0.542. The van der Waals surface area contributed by atoms with E-state index in [2.05, 4.69) is 27.7 Å².